The molecule has 0 amide bonds. The van der Waals surface area contributed by atoms with Gasteiger partial charge in [-0.1, -0.05) is 45.8 Å². The Kier molecular flexibility index (Phi) is 11.2. The number of hydrogen-bond donors (Lipinski definition) is 0. The summed E-state index contributed by atoms with van der Waals surface area (Å²) in [5.74, 6) is 0. The van der Waals surface area contributed by atoms with Gasteiger partial charge >= 0.3 is 0 Å². The van der Waals surface area contributed by atoms with Gasteiger partial charge in [0.2, 0.25) is 6.43 Å². The molecule has 0 atom stereocenters. The maximum Gasteiger partial charge on any atom is 0.238 e. The quantitative estimate of drug-likeness (QED) is 0.213. The van der Waals surface area contributed by atoms with Crippen LogP contribution in [0.2, 0.25) is 18.1 Å². The lowest BCUT2D eigenvalue weighted by atomic mass is 10.1. The Bertz CT molecular complexity index is 296. The molecule has 0 aliphatic carbocycles. The summed E-state index contributed by atoms with van der Waals surface area (Å²) in [6.45, 7) is 12.2. The van der Waals surface area contributed by atoms with Gasteiger partial charge in [0, 0.05) is 13.0 Å². The van der Waals surface area contributed by atoms with E-state index >= 15 is 0 Å². The van der Waals surface area contributed by atoms with Crippen molar-refractivity contribution in [3.8, 4) is 0 Å². The third kappa shape index (κ3) is 11.4. The van der Waals surface area contributed by atoms with Crippen molar-refractivity contribution in [3.63, 3.8) is 0 Å². The van der Waals surface area contributed by atoms with Crippen LogP contribution in [0.15, 0.2) is 12.2 Å². The first-order valence-corrected chi connectivity index (χ1v) is 11.6. The van der Waals surface area contributed by atoms with E-state index in [0.717, 1.165) is 45.1 Å². The molecule has 0 radical (unpaired) electrons. The summed E-state index contributed by atoms with van der Waals surface area (Å²) < 4.78 is 30.0. The Labute approximate surface area is 137 Å². The molecule has 1 nitrogen and oxygen atoms in total. The fraction of sp³-hybridized carbons (Fsp3) is 0.889. The lowest BCUT2D eigenvalue weighted by Crippen LogP contribution is -2.40. The largest absolute Gasteiger partial charge is 0.417 e. The average Bonchev–Trinajstić information content (AvgIpc) is 2.38. The Morgan fingerprint density at radius 3 is 2.00 bits per heavy atom. The fourth-order valence-corrected chi connectivity index (χ4v) is 2.98. The van der Waals surface area contributed by atoms with Gasteiger partial charge in [0.1, 0.15) is 0 Å². The summed E-state index contributed by atoms with van der Waals surface area (Å²) in [5.41, 5.74) is 0. The van der Waals surface area contributed by atoms with Crippen LogP contribution in [0.5, 0.6) is 0 Å². The molecule has 132 valence electrons. The van der Waals surface area contributed by atoms with E-state index < -0.39 is 14.7 Å². The lowest BCUT2D eigenvalue weighted by molar-refractivity contribution is 0.133. The summed E-state index contributed by atoms with van der Waals surface area (Å²) in [6.07, 6.45) is 9.36. The second kappa shape index (κ2) is 11.3. The minimum Gasteiger partial charge on any atom is -0.417 e. The summed E-state index contributed by atoms with van der Waals surface area (Å²) in [5, 5.41) is 0.285. The van der Waals surface area contributed by atoms with E-state index in [0.29, 0.717) is 6.42 Å². The molecule has 0 aromatic heterocycles. The number of unbranched alkanes of at least 4 members (excludes halogenated alkanes) is 5. The molecule has 0 spiro atoms. The van der Waals surface area contributed by atoms with Crippen LogP contribution in [-0.2, 0) is 4.43 Å². The molecule has 0 N–H and O–H groups in total. The van der Waals surface area contributed by atoms with E-state index in [1.54, 1.807) is 0 Å². The van der Waals surface area contributed by atoms with Crippen LogP contribution in [0.1, 0.15) is 72.1 Å². The van der Waals surface area contributed by atoms with E-state index in [1.807, 2.05) is 0 Å². The lowest BCUT2D eigenvalue weighted by Gasteiger charge is -2.36. The highest BCUT2D eigenvalue weighted by atomic mass is 28.4. The number of hydrogen-bond acceptors (Lipinski definition) is 1. The van der Waals surface area contributed by atoms with Gasteiger partial charge < -0.3 is 4.43 Å². The van der Waals surface area contributed by atoms with E-state index in [2.05, 4.69) is 46.0 Å². The van der Waals surface area contributed by atoms with Crippen molar-refractivity contribution in [2.75, 3.05) is 6.61 Å². The van der Waals surface area contributed by atoms with E-state index in [4.69, 9.17) is 4.43 Å². The number of halogens is 2. The molecule has 0 aliphatic rings. The van der Waals surface area contributed by atoms with Crippen molar-refractivity contribution >= 4 is 8.32 Å². The summed E-state index contributed by atoms with van der Waals surface area (Å²) in [4.78, 5) is 0. The highest BCUT2D eigenvalue weighted by molar-refractivity contribution is 6.74. The van der Waals surface area contributed by atoms with Crippen molar-refractivity contribution in [2.45, 2.75) is 96.7 Å². The van der Waals surface area contributed by atoms with Gasteiger partial charge in [0.05, 0.1) is 0 Å². The smallest absolute Gasteiger partial charge is 0.238 e. The molecule has 22 heavy (non-hydrogen) atoms. The Morgan fingerprint density at radius 2 is 1.45 bits per heavy atom. The fourth-order valence-electron chi connectivity index (χ4n) is 1.90. The van der Waals surface area contributed by atoms with E-state index in [-0.39, 0.29) is 11.5 Å². The number of rotatable bonds is 12. The third-order valence-electron chi connectivity index (χ3n) is 4.49. The Hall–Kier alpha value is -0.223. The van der Waals surface area contributed by atoms with Crippen LogP contribution < -0.4 is 0 Å². The topological polar surface area (TPSA) is 9.23 Å². The minimum absolute atomic E-state index is 0.0596. The molecule has 0 aromatic carbocycles. The normalized spacial score (nSPS) is 13.5. The molecular weight excluding hydrogens is 298 g/mol. The second-order valence-electron chi connectivity index (χ2n) is 7.61. The zero-order valence-electron chi connectivity index (χ0n) is 15.3. The third-order valence-corrected chi connectivity index (χ3v) is 9.03. The maximum absolute atomic E-state index is 11.9. The van der Waals surface area contributed by atoms with Gasteiger partial charge in [-0.2, -0.15) is 0 Å². The standard InChI is InChI=1S/C18H36F2OSi/c1-18(2,3)22(4,5)21-16-14-12-10-8-6-7-9-11-13-15-17(19)20/h8,10,17H,6-7,9,11-16H2,1-5H3/b10-8+. The number of allylic oxidation sites excluding steroid dienone is 2. The average molecular weight is 335 g/mol. The molecule has 0 heterocycles. The number of alkyl halides is 2. The molecule has 0 rings (SSSR count). The summed E-state index contributed by atoms with van der Waals surface area (Å²) in [7, 11) is -1.58. The highest BCUT2D eigenvalue weighted by Gasteiger charge is 2.36. The van der Waals surface area contributed by atoms with Crippen LogP contribution >= 0.6 is 0 Å². The van der Waals surface area contributed by atoms with Gasteiger partial charge in [0.15, 0.2) is 8.32 Å². The molecule has 0 aromatic rings. The van der Waals surface area contributed by atoms with E-state index in [1.165, 1.54) is 0 Å². The first-order valence-electron chi connectivity index (χ1n) is 8.74. The van der Waals surface area contributed by atoms with Gasteiger partial charge in [-0.3, -0.25) is 0 Å². The van der Waals surface area contributed by atoms with Crippen LogP contribution in [0.3, 0.4) is 0 Å². The van der Waals surface area contributed by atoms with Crippen molar-refractivity contribution in [2.24, 2.45) is 0 Å². The van der Waals surface area contributed by atoms with Crippen molar-refractivity contribution in [1.82, 2.24) is 0 Å². The van der Waals surface area contributed by atoms with Gasteiger partial charge in [-0.05, 0) is 50.2 Å². The Balaban J connectivity index is 3.45. The summed E-state index contributed by atoms with van der Waals surface area (Å²) >= 11 is 0. The molecule has 0 saturated carbocycles. The zero-order chi connectivity index (χ0) is 17.1. The van der Waals surface area contributed by atoms with Gasteiger partial charge in [0.25, 0.3) is 0 Å². The van der Waals surface area contributed by atoms with Crippen LogP contribution in [0.4, 0.5) is 8.78 Å². The van der Waals surface area contributed by atoms with Gasteiger partial charge in [-0.25, -0.2) is 8.78 Å². The SMILES string of the molecule is CC(C)(C)[Si](C)(C)OCCC/C=C/CCCCCCC(F)F. The monoisotopic (exact) mass is 334 g/mol. The molecule has 0 unspecified atom stereocenters. The van der Waals surface area contributed by atoms with Crippen LogP contribution in [-0.4, -0.2) is 21.3 Å². The molecule has 0 fully saturated rings. The highest BCUT2D eigenvalue weighted by Crippen LogP contribution is 2.36. The van der Waals surface area contributed by atoms with E-state index in [9.17, 15) is 8.78 Å². The molecule has 0 saturated heterocycles. The van der Waals surface area contributed by atoms with Crippen molar-refractivity contribution in [3.05, 3.63) is 12.2 Å². The molecule has 0 bridgehead atoms. The predicted molar refractivity (Wildman–Crippen MR) is 95.2 cm³/mol. The van der Waals surface area contributed by atoms with Crippen LogP contribution in [0, 0.1) is 0 Å². The maximum atomic E-state index is 11.9. The van der Waals surface area contributed by atoms with Crippen LogP contribution in [0.25, 0.3) is 0 Å². The first-order chi connectivity index (χ1) is 10.2. The first kappa shape index (κ1) is 21.8. The zero-order valence-corrected chi connectivity index (χ0v) is 16.3. The molecule has 0 aliphatic heterocycles. The minimum atomic E-state index is -2.13. The molecular formula is C18H36F2OSi. The van der Waals surface area contributed by atoms with Crippen molar-refractivity contribution < 1.29 is 13.2 Å². The second-order valence-corrected chi connectivity index (χ2v) is 12.4. The molecule has 4 heteroatoms. The predicted octanol–water partition coefficient (Wildman–Crippen LogP) is 6.95. The van der Waals surface area contributed by atoms with Crippen molar-refractivity contribution in [1.29, 1.82) is 0 Å². The Morgan fingerprint density at radius 1 is 0.909 bits per heavy atom. The van der Waals surface area contributed by atoms with Gasteiger partial charge in [-0.15, -0.1) is 0 Å². The summed E-state index contributed by atoms with van der Waals surface area (Å²) in [6, 6.07) is 0.